The van der Waals surface area contributed by atoms with Crippen molar-refractivity contribution < 1.29 is 13.6 Å². The highest BCUT2D eigenvalue weighted by Gasteiger charge is 2.24. The fraction of sp³-hybridized carbons (Fsp3) is 0.333. The SMILES string of the molecule is Nc1nc2ccc(F)c(F)c2n1CC(=O)NC1CC1. The summed E-state index contributed by atoms with van der Waals surface area (Å²) in [6.07, 6.45) is 1.91. The number of benzene rings is 1. The maximum atomic E-state index is 13.8. The van der Waals surface area contributed by atoms with E-state index in [1.54, 1.807) is 0 Å². The Morgan fingerprint density at radius 3 is 2.89 bits per heavy atom. The zero-order chi connectivity index (χ0) is 13.6. The lowest BCUT2D eigenvalue weighted by Crippen LogP contribution is -2.29. The molecule has 1 aliphatic carbocycles. The number of aromatic nitrogens is 2. The number of amides is 1. The van der Waals surface area contributed by atoms with Crippen LogP contribution < -0.4 is 11.1 Å². The number of carbonyl (C=O) groups excluding carboxylic acids is 1. The molecule has 3 rings (SSSR count). The Labute approximate surface area is 107 Å². The quantitative estimate of drug-likeness (QED) is 0.876. The summed E-state index contributed by atoms with van der Waals surface area (Å²) < 4.78 is 28.2. The number of fused-ring (bicyclic) bond motifs is 1. The maximum Gasteiger partial charge on any atom is 0.240 e. The molecule has 1 heterocycles. The van der Waals surface area contributed by atoms with Crippen LogP contribution in [0.1, 0.15) is 12.8 Å². The van der Waals surface area contributed by atoms with Crippen molar-refractivity contribution in [1.82, 2.24) is 14.9 Å². The molecule has 2 aromatic rings. The minimum absolute atomic E-state index is 0.00885. The van der Waals surface area contributed by atoms with E-state index < -0.39 is 11.6 Å². The van der Waals surface area contributed by atoms with Crippen molar-refractivity contribution in [3.05, 3.63) is 23.8 Å². The topological polar surface area (TPSA) is 72.9 Å². The van der Waals surface area contributed by atoms with Crippen molar-refractivity contribution in [3.8, 4) is 0 Å². The first-order valence-corrected chi connectivity index (χ1v) is 5.95. The van der Waals surface area contributed by atoms with Crippen molar-refractivity contribution in [2.45, 2.75) is 25.4 Å². The van der Waals surface area contributed by atoms with E-state index in [-0.39, 0.29) is 35.5 Å². The fourth-order valence-electron chi connectivity index (χ4n) is 1.98. The number of imidazole rings is 1. The van der Waals surface area contributed by atoms with Gasteiger partial charge in [-0.05, 0) is 25.0 Å². The van der Waals surface area contributed by atoms with Crippen molar-refractivity contribution in [1.29, 1.82) is 0 Å². The predicted octanol–water partition coefficient (Wildman–Crippen LogP) is 1.18. The van der Waals surface area contributed by atoms with Gasteiger partial charge in [0.25, 0.3) is 0 Å². The number of hydrogen-bond donors (Lipinski definition) is 2. The monoisotopic (exact) mass is 266 g/mol. The second-order valence-corrected chi connectivity index (χ2v) is 4.63. The summed E-state index contributed by atoms with van der Waals surface area (Å²) in [6.45, 7) is -0.167. The summed E-state index contributed by atoms with van der Waals surface area (Å²) in [4.78, 5) is 15.6. The lowest BCUT2D eigenvalue weighted by Gasteiger charge is -2.07. The Morgan fingerprint density at radius 1 is 1.47 bits per heavy atom. The molecule has 5 nitrogen and oxygen atoms in total. The molecule has 19 heavy (non-hydrogen) atoms. The molecule has 1 amide bonds. The molecular weight excluding hydrogens is 254 g/mol. The van der Waals surface area contributed by atoms with Gasteiger partial charge >= 0.3 is 0 Å². The highest BCUT2D eigenvalue weighted by atomic mass is 19.2. The van der Waals surface area contributed by atoms with Crippen LogP contribution in [0.2, 0.25) is 0 Å². The molecule has 0 saturated heterocycles. The second kappa shape index (κ2) is 4.18. The van der Waals surface area contributed by atoms with E-state index in [9.17, 15) is 13.6 Å². The zero-order valence-electron chi connectivity index (χ0n) is 9.99. The van der Waals surface area contributed by atoms with E-state index in [0.29, 0.717) is 0 Å². The number of nitrogens with zero attached hydrogens (tertiary/aromatic N) is 2. The summed E-state index contributed by atoms with van der Waals surface area (Å²) in [5, 5.41) is 2.76. The number of nitrogen functional groups attached to an aromatic ring is 1. The van der Waals surface area contributed by atoms with Gasteiger partial charge in [-0.25, -0.2) is 13.8 Å². The van der Waals surface area contributed by atoms with Crippen LogP contribution in [0.25, 0.3) is 11.0 Å². The third-order valence-electron chi connectivity index (χ3n) is 3.07. The normalized spacial score (nSPS) is 14.8. The second-order valence-electron chi connectivity index (χ2n) is 4.63. The van der Waals surface area contributed by atoms with E-state index in [1.165, 1.54) is 10.6 Å². The Hall–Kier alpha value is -2.18. The lowest BCUT2D eigenvalue weighted by molar-refractivity contribution is -0.121. The van der Waals surface area contributed by atoms with Crippen LogP contribution in [0, 0.1) is 11.6 Å². The molecule has 3 N–H and O–H groups in total. The van der Waals surface area contributed by atoms with E-state index in [2.05, 4.69) is 10.3 Å². The minimum Gasteiger partial charge on any atom is -0.369 e. The smallest absolute Gasteiger partial charge is 0.240 e. The molecule has 0 unspecified atom stereocenters. The standard InChI is InChI=1S/C12H12F2N4O/c13-7-3-4-8-11(10(7)14)18(12(15)17-8)5-9(19)16-6-1-2-6/h3-4,6H,1-2,5H2,(H2,15,17)(H,16,19). The Balaban J connectivity index is 1.99. The van der Waals surface area contributed by atoms with Crippen LogP contribution in [0.5, 0.6) is 0 Å². The molecular formula is C12H12F2N4O. The molecule has 1 aliphatic rings. The number of nitrogens with two attached hydrogens (primary N) is 1. The molecule has 1 saturated carbocycles. The zero-order valence-corrected chi connectivity index (χ0v) is 9.99. The van der Waals surface area contributed by atoms with Crippen molar-refractivity contribution in [2.75, 3.05) is 5.73 Å². The van der Waals surface area contributed by atoms with Crippen LogP contribution >= 0.6 is 0 Å². The Kier molecular flexibility index (Phi) is 2.62. The van der Waals surface area contributed by atoms with E-state index in [4.69, 9.17) is 5.73 Å². The number of anilines is 1. The summed E-state index contributed by atoms with van der Waals surface area (Å²) in [7, 11) is 0. The lowest BCUT2D eigenvalue weighted by atomic mass is 10.3. The van der Waals surface area contributed by atoms with Gasteiger partial charge in [-0.2, -0.15) is 0 Å². The molecule has 0 atom stereocenters. The molecule has 1 aromatic carbocycles. The molecule has 0 radical (unpaired) electrons. The van der Waals surface area contributed by atoms with Gasteiger partial charge in [-0.3, -0.25) is 9.36 Å². The molecule has 0 aliphatic heterocycles. The fourth-order valence-corrected chi connectivity index (χ4v) is 1.98. The van der Waals surface area contributed by atoms with Crippen molar-refractivity contribution in [3.63, 3.8) is 0 Å². The van der Waals surface area contributed by atoms with Gasteiger partial charge < -0.3 is 11.1 Å². The summed E-state index contributed by atoms with van der Waals surface area (Å²) in [5.41, 5.74) is 5.80. The summed E-state index contributed by atoms with van der Waals surface area (Å²) in [5.74, 6) is -2.32. The molecule has 0 bridgehead atoms. The van der Waals surface area contributed by atoms with E-state index in [1.807, 2.05) is 0 Å². The van der Waals surface area contributed by atoms with Crippen molar-refractivity contribution >= 4 is 22.9 Å². The highest BCUT2D eigenvalue weighted by Crippen LogP contribution is 2.23. The van der Waals surface area contributed by atoms with Gasteiger partial charge in [-0.1, -0.05) is 0 Å². The number of hydrogen-bond acceptors (Lipinski definition) is 3. The van der Waals surface area contributed by atoms with Crippen LogP contribution in [-0.2, 0) is 11.3 Å². The van der Waals surface area contributed by atoms with Crippen molar-refractivity contribution in [2.24, 2.45) is 0 Å². The number of nitrogens with one attached hydrogen (secondary N) is 1. The Morgan fingerprint density at radius 2 is 2.21 bits per heavy atom. The van der Waals surface area contributed by atoms with E-state index >= 15 is 0 Å². The van der Waals surface area contributed by atoms with Crippen LogP contribution in [0.15, 0.2) is 12.1 Å². The summed E-state index contributed by atoms with van der Waals surface area (Å²) >= 11 is 0. The molecule has 1 fully saturated rings. The maximum absolute atomic E-state index is 13.8. The molecule has 1 aromatic heterocycles. The third-order valence-corrected chi connectivity index (χ3v) is 3.07. The average Bonchev–Trinajstić information content (AvgIpc) is 3.10. The van der Waals surface area contributed by atoms with Crippen LogP contribution in [0.3, 0.4) is 0 Å². The average molecular weight is 266 g/mol. The molecule has 7 heteroatoms. The minimum atomic E-state index is -1.04. The van der Waals surface area contributed by atoms with Gasteiger partial charge in [0.1, 0.15) is 12.1 Å². The van der Waals surface area contributed by atoms with Gasteiger partial charge in [0.05, 0.1) is 5.52 Å². The number of rotatable bonds is 3. The first kappa shape index (κ1) is 11.9. The molecule has 100 valence electrons. The van der Waals surface area contributed by atoms with Crippen LogP contribution in [0.4, 0.5) is 14.7 Å². The summed E-state index contributed by atoms with van der Waals surface area (Å²) in [6, 6.07) is 2.52. The third kappa shape index (κ3) is 2.11. The first-order valence-electron chi connectivity index (χ1n) is 5.95. The van der Waals surface area contributed by atoms with Gasteiger partial charge in [-0.15, -0.1) is 0 Å². The highest BCUT2D eigenvalue weighted by molar-refractivity contribution is 5.83. The van der Waals surface area contributed by atoms with E-state index in [0.717, 1.165) is 18.9 Å². The van der Waals surface area contributed by atoms with Crippen LogP contribution in [-0.4, -0.2) is 21.5 Å². The number of carbonyl (C=O) groups is 1. The van der Waals surface area contributed by atoms with Gasteiger partial charge in [0.2, 0.25) is 11.9 Å². The molecule has 0 spiro atoms. The Bertz CT molecular complexity index is 663. The largest absolute Gasteiger partial charge is 0.369 e. The first-order chi connectivity index (χ1) is 9.06. The van der Waals surface area contributed by atoms with Gasteiger partial charge in [0.15, 0.2) is 11.6 Å². The number of halogens is 2. The van der Waals surface area contributed by atoms with Gasteiger partial charge in [0, 0.05) is 6.04 Å². The predicted molar refractivity (Wildman–Crippen MR) is 65.2 cm³/mol.